The van der Waals surface area contributed by atoms with E-state index in [2.05, 4.69) is 5.16 Å². The number of oxime groups is 1. The van der Waals surface area contributed by atoms with Crippen LogP contribution < -0.4 is 0 Å². The molecular formula is C21H17Cl2F6NO3. The molecule has 1 aliphatic rings. The molecule has 2 atom stereocenters. The third-order valence-electron chi connectivity index (χ3n) is 4.72. The number of rotatable bonds is 7. The highest BCUT2D eigenvalue weighted by atomic mass is 35.5. The smallest absolute Gasteiger partial charge is 0.390 e. The third-order valence-corrected chi connectivity index (χ3v) is 5.23. The van der Waals surface area contributed by atoms with E-state index in [1.807, 2.05) is 0 Å². The van der Waals surface area contributed by atoms with Gasteiger partial charge in [0.05, 0.1) is 18.9 Å². The molecule has 2 aromatic carbocycles. The van der Waals surface area contributed by atoms with Gasteiger partial charge in [-0.1, -0.05) is 52.6 Å². The van der Waals surface area contributed by atoms with Gasteiger partial charge in [-0.05, 0) is 35.4 Å². The molecule has 1 fully saturated rings. The van der Waals surface area contributed by atoms with Crippen LogP contribution >= 0.6 is 23.2 Å². The molecule has 1 aliphatic heterocycles. The summed E-state index contributed by atoms with van der Waals surface area (Å²) in [4.78, 5) is 4.91. The van der Waals surface area contributed by atoms with Crippen molar-refractivity contribution < 1.29 is 40.7 Å². The van der Waals surface area contributed by atoms with Crippen molar-refractivity contribution in [2.24, 2.45) is 5.16 Å². The number of hydrogen-bond acceptors (Lipinski definition) is 4. The maximum atomic E-state index is 14.2. The van der Waals surface area contributed by atoms with Gasteiger partial charge in [0.2, 0.25) is 0 Å². The molecular weight excluding hydrogens is 499 g/mol. The highest BCUT2D eigenvalue weighted by Crippen LogP contribution is 2.46. The Bertz CT molecular complexity index is 877. The van der Waals surface area contributed by atoms with Gasteiger partial charge in [0.25, 0.3) is 0 Å². The Hall–Kier alpha value is -2.01. The Kier molecular flexibility index (Phi) is 8.15. The van der Waals surface area contributed by atoms with E-state index >= 15 is 0 Å². The molecule has 2 unspecified atom stereocenters. The zero-order valence-corrected chi connectivity index (χ0v) is 18.2. The van der Waals surface area contributed by atoms with E-state index in [1.54, 1.807) is 0 Å². The van der Waals surface area contributed by atoms with Crippen molar-refractivity contribution in [2.75, 3.05) is 19.8 Å². The van der Waals surface area contributed by atoms with E-state index in [0.29, 0.717) is 0 Å². The molecule has 3 rings (SSSR count). The van der Waals surface area contributed by atoms with Crippen LogP contribution in [0.15, 0.2) is 53.7 Å². The van der Waals surface area contributed by atoms with Crippen LogP contribution in [0.1, 0.15) is 23.0 Å². The Morgan fingerprint density at radius 2 is 1.21 bits per heavy atom. The Balaban J connectivity index is 2.12. The summed E-state index contributed by atoms with van der Waals surface area (Å²) in [7, 11) is 0. The summed E-state index contributed by atoms with van der Waals surface area (Å²) in [5.74, 6) is -5.47. The maximum absolute atomic E-state index is 14.2. The number of hydrogen-bond donors (Lipinski definition) is 0. The molecule has 0 radical (unpaired) electrons. The molecule has 0 saturated carbocycles. The summed E-state index contributed by atoms with van der Waals surface area (Å²) >= 11 is 11.5. The van der Waals surface area contributed by atoms with Crippen molar-refractivity contribution in [1.82, 2.24) is 0 Å². The molecule has 180 valence electrons. The lowest BCUT2D eigenvalue weighted by Crippen LogP contribution is -2.38. The predicted octanol–water partition coefficient (Wildman–Crippen LogP) is 6.73. The van der Waals surface area contributed by atoms with Gasteiger partial charge in [0.1, 0.15) is 11.8 Å². The molecule has 0 aliphatic carbocycles. The first-order valence-corrected chi connectivity index (χ1v) is 10.3. The molecule has 0 N–H and O–H groups in total. The average Bonchev–Trinajstić information content (AvgIpc) is 3.22. The lowest BCUT2D eigenvalue weighted by atomic mass is 9.82. The topological polar surface area (TPSA) is 40.0 Å². The molecule has 33 heavy (non-hydrogen) atoms. The first-order chi connectivity index (χ1) is 15.5. The SMILES string of the molecule is FC(F)(F)C(C(=NOCC1OCCO1)C(c1ccc(Cl)cc1)C(F)(F)F)c1ccc(Cl)cc1. The van der Waals surface area contributed by atoms with Gasteiger partial charge in [-0.25, -0.2) is 0 Å². The van der Waals surface area contributed by atoms with E-state index in [0.717, 1.165) is 48.5 Å². The summed E-state index contributed by atoms with van der Waals surface area (Å²) in [5.41, 5.74) is -2.26. The molecule has 0 spiro atoms. The van der Waals surface area contributed by atoms with Gasteiger partial charge in [-0.15, -0.1) is 0 Å². The second-order valence-electron chi connectivity index (χ2n) is 7.04. The Morgan fingerprint density at radius 3 is 1.58 bits per heavy atom. The van der Waals surface area contributed by atoms with Crippen LogP contribution in [0.3, 0.4) is 0 Å². The average molecular weight is 516 g/mol. The first kappa shape index (κ1) is 25.6. The van der Waals surface area contributed by atoms with Crippen molar-refractivity contribution in [3.8, 4) is 0 Å². The predicted molar refractivity (Wildman–Crippen MR) is 110 cm³/mol. The molecule has 0 bridgehead atoms. The second-order valence-corrected chi connectivity index (χ2v) is 7.91. The number of nitrogens with zero attached hydrogens (tertiary/aromatic N) is 1. The summed E-state index contributed by atoms with van der Waals surface area (Å²) in [5, 5.41) is 3.61. The summed E-state index contributed by atoms with van der Waals surface area (Å²) in [6, 6.07) is 8.59. The molecule has 0 amide bonds. The molecule has 1 heterocycles. The Morgan fingerprint density at radius 1 is 0.818 bits per heavy atom. The molecule has 12 heteroatoms. The van der Waals surface area contributed by atoms with Crippen LogP contribution in [0.2, 0.25) is 10.0 Å². The van der Waals surface area contributed by atoms with E-state index in [-0.39, 0.29) is 23.3 Å². The van der Waals surface area contributed by atoms with Gasteiger partial charge in [0.15, 0.2) is 12.9 Å². The van der Waals surface area contributed by atoms with E-state index in [4.69, 9.17) is 37.5 Å². The van der Waals surface area contributed by atoms with E-state index in [1.165, 1.54) is 0 Å². The van der Waals surface area contributed by atoms with Crippen molar-refractivity contribution in [3.63, 3.8) is 0 Å². The normalized spacial score (nSPS) is 17.0. The monoisotopic (exact) mass is 515 g/mol. The first-order valence-electron chi connectivity index (χ1n) is 9.54. The van der Waals surface area contributed by atoms with E-state index < -0.39 is 53.9 Å². The van der Waals surface area contributed by atoms with Crippen LogP contribution in [0, 0.1) is 0 Å². The minimum Gasteiger partial charge on any atom is -0.390 e. The molecule has 1 saturated heterocycles. The number of ether oxygens (including phenoxy) is 2. The zero-order valence-electron chi connectivity index (χ0n) is 16.7. The minimum absolute atomic E-state index is 0.120. The highest BCUT2D eigenvalue weighted by Gasteiger charge is 2.54. The van der Waals surface area contributed by atoms with Crippen molar-refractivity contribution in [1.29, 1.82) is 0 Å². The third kappa shape index (κ3) is 6.75. The number of alkyl halides is 6. The van der Waals surface area contributed by atoms with Crippen LogP contribution in [0.4, 0.5) is 26.3 Å². The van der Waals surface area contributed by atoms with Gasteiger partial charge in [0, 0.05) is 10.0 Å². The van der Waals surface area contributed by atoms with Gasteiger partial charge >= 0.3 is 12.4 Å². The van der Waals surface area contributed by atoms with Crippen LogP contribution in [-0.4, -0.2) is 44.2 Å². The minimum atomic E-state index is -5.13. The fourth-order valence-corrected chi connectivity index (χ4v) is 3.57. The summed E-state index contributed by atoms with van der Waals surface area (Å²) < 4.78 is 95.4. The molecule has 0 aromatic heterocycles. The quantitative estimate of drug-likeness (QED) is 0.233. The second kappa shape index (κ2) is 10.5. The van der Waals surface area contributed by atoms with Gasteiger partial charge in [-0.3, -0.25) is 0 Å². The number of benzene rings is 2. The van der Waals surface area contributed by atoms with Crippen LogP contribution in [-0.2, 0) is 14.3 Å². The number of halogens is 8. The Labute approximate surface area is 195 Å². The molecule has 4 nitrogen and oxygen atoms in total. The lowest BCUT2D eigenvalue weighted by molar-refractivity contribution is -0.149. The lowest BCUT2D eigenvalue weighted by Gasteiger charge is -2.29. The van der Waals surface area contributed by atoms with Crippen molar-refractivity contribution >= 4 is 28.9 Å². The summed E-state index contributed by atoms with van der Waals surface area (Å²) in [6.45, 7) is -0.0487. The van der Waals surface area contributed by atoms with Crippen LogP contribution in [0.5, 0.6) is 0 Å². The van der Waals surface area contributed by atoms with Crippen LogP contribution in [0.25, 0.3) is 0 Å². The maximum Gasteiger partial charge on any atom is 0.401 e. The van der Waals surface area contributed by atoms with Crippen molar-refractivity contribution in [2.45, 2.75) is 30.5 Å². The van der Waals surface area contributed by atoms with Gasteiger partial charge in [-0.2, -0.15) is 26.3 Å². The van der Waals surface area contributed by atoms with E-state index in [9.17, 15) is 26.3 Å². The zero-order chi connectivity index (χ0) is 24.2. The largest absolute Gasteiger partial charge is 0.401 e. The highest BCUT2D eigenvalue weighted by molar-refractivity contribution is 6.30. The standard InChI is InChI=1S/C21H17Cl2F6NO3/c22-14-5-1-12(2-6-14)17(20(24,25)26)19(30-33-11-16-31-9-10-32-16)18(21(27,28)29)13-3-7-15(23)8-4-13/h1-8,16-18H,9-11H2. The fraction of sp³-hybridized carbons (Fsp3) is 0.381. The summed E-state index contributed by atoms with van der Waals surface area (Å²) in [6.07, 6.45) is -11.2. The fourth-order valence-electron chi connectivity index (χ4n) is 3.31. The van der Waals surface area contributed by atoms with Gasteiger partial charge < -0.3 is 14.3 Å². The van der Waals surface area contributed by atoms with Crippen molar-refractivity contribution in [3.05, 3.63) is 69.7 Å². The molecule has 2 aromatic rings.